The van der Waals surface area contributed by atoms with Gasteiger partial charge in [0.15, 0.2) is 11.5 Å². The zero-order valence-electron chi connectivity index (χ0n) is 13.1. The molecule has 2 N–H and O–H groups in total. The molecule has 2 rings (SSSR count). The van der Waals surface area contributed by atoms with Crippen LogP contribution in [-0.2, 0) is 10.2 Å². The molecule has 0 saturated heterocycles. The van der Waals surface area contributed by atoms with Gasteiger partial charge in [-0.2, -0.15) is 0 Å². The van der Waals surface area contributed by atoms with Crippen LogP contribution in [0, 0.1) is 0 Å². The molecule has 0 aromatic heterocycles. The van der Waals surface area contributed by atoms with E-state index >= 15 is 0 Å². The van der Waals surface area contributed by atoms with Crippen LogP contribution in [0.4, 0.5) is 0 Å². The molecule has 5 nitrogen and oxygen atoms in total. The average Bonchev–Trinajstić information content (AvgIpc) is 2.58. The Balaban J connectivity index is 2.63. The van der Waals surface area contributed by atoms with E-state index in [1.54, 1.807) is 0 Å². The van der Waals surface area contributed by atoms with E-state index in [9.17, 15) is 15.0 Å². The number of rotatable bonds is 3. The van der Waals surface area contributed by atoms with Gasteiger partial charge in [0.2, 0.25) is 5.75 Å². The minimum atomic E-state index is -0.625. The van der Waals surface area contributed by atoms with Crippen LogP contribution in [0.25, 0.3) is 0 Å². The number of aromatic hydroxyl groups is 2. The van der Waals surface area contributed by atoms with Crippen molar-refractivity contribution in [2.75, 3.05) is 6.61 Å². The fourth-order valence-electron chi connectivity index (χ4n) is 2.47. The van der Waals surface area contributed by atoms with Gasteiger partial charge in [0.1, 0.15) is 5.60 Å². The van der Waals surface area contributed by atoms with Gasteiger partial charge in [-0.25, -0.2) is 4.79 Å². The van der Waals surface area contributed by atoms with Gasteiger partial charge in [-0.3, -0.25) is 0 Å². The molecular formula is C16H22O5. The summed E-state index contributed by atoms with van der Waals surface area (Å²) in [6, 6.07) is 1.25. The van der Waals surface area contributed by atoms with Crippen molar-refractivity contribution in [2.24, 2.45) is 0 Å². The zero-order valence-corrected chi connectivity index (χ0v) is 13.1. The maximum absolute atomic E-state index is 12.3. The number of hydrogen-bond acceptors (Lipinski definition) is 5. The highest BCUT2D eigenvalue weighted by Crippen LogP contribution is 2.56. The predicted molar refractivity (Wildman–Crippen MR) is 78.1 cm³/mol. The standard InChI is InChI=1S/C16H22O5/c1-6-7-20-14(19)9-8-10(17)12(18)13-11(9)15(2,3)16(4,5)21-13/h8,17-18H,6-7H2,1-5H3. The van der Waals surface area contributed by atoms with E-state index in [2.05, 4.69) is 0 Å². The fourth-order valence-corrected chi connectivity index (χ4v) is 2.47. The summed E-state index contributed by atoms with van der Waals surface area (Å²) in [5, 5.41) is 19.9. The van der Waals surface area contributed by atoms with Crippen LogP contribution >= 0.6 is 0 Å². The Morgan fingerprint density at radius 2 is 1.90 bits per heavy atom. The molecule has 0 saturated carbocycles. The van der Waals surface area contributed by atoms with Crippen molar-refractivity contribution in [3.05, 3.63) is 17.2 Å². The summed E-state index contributed by atoms with van der Waals surface area (Å²) in [6.45, 7) is 9.84. The summed E-state index contributed by atoms with van der Waals surface area (Å²) in [7, 11) is 0. The van der Waals surface area contributed by atoms with Crippen molar-refractivity contribution >= 4 is 5.97 Å². The summed E-state index contributed by atoms with van der Waals surface area (Å²) < 4.78 is 11.0. The van der Waals surface area contributed by atoms with Crippen LogP contribution in [0.5, 0.6) is 17.2 Å². The average molecular weight is 294 g/mol. The molecule has 0 aliphatic carbocycles. The Kier molecular flexibility index (Phi) is 3.56. The maximum Gasteiger partial charge on any atom is 0.338 e. The third-order valence-corrected chi connectivity index (χ3v) is 4.38. The molecule has 1 aromatic rings. The first-order chi connectivity index (χ1) is 9.63. The number of benzene rings is 1. The van der Waals surface area contributed by atoms with Gasteiger partial charge in [0, 0.05) is 11.0 Å². The second-order valence-electron chi connectivity index (χ2n) is 6.37. The highest BCUT2D eigenvalue weighted by Gasteiger charge is 2.52. The molecular weight excluding hydrogens is 272 g/mol. The number of phenols is 2. The number of hydrogen-bond donors (Lipinski definition) is 2. The lowest BCUT2D eigenvalue weighted by atomic mass is 9.72. The minimum absolute atomic E-state index is 0.161. The minimum Gasteiger partial charge on any atom is -0.504 e. The van der Waals surface area contributed by atoms with Gasteiger partial charge in [-0.05, 0) is 26.3 Å². The second kappa shape index (κ2) is 4.83. The van der Waals surface area contributed by atoms with Gasteiger partial charge in [0.25, 0.3) is 0 Å². The summed E-state index contributed by atoms with van der Waals surface area (Å²) in [5.74, 6) is -1.08. The van der Waals surface area contributed by atoms with Crippen molar-refractivity contribution in [1.29, 1.82) is 0 Å². The van der Waals surface area contributed by atoms with Crippen LogP contribution in [-0.4, -0.2) is 28.4 Å². The van der Waals surface area contributed by atoms with E-state index in [1.165, 1.54) is 6.07 Å². The Morgan fingerprint density at radius 1 is 1.29 bits per heavy atom. The predicted octanol–water partition coefficient (Wildman–Crippen LogP) is 3.11. The van der Waals surface area contributed by atoms with E-state index in [1.807, 2.05) is 34.6 Å². The number of carbonyl (C=O) groups is 1. The monoisotopic (exact) mass is 294 g/mol. The van der Waals surface area contributed by atoms with Gasteiger partial charge < -0.3 is 19.7 Å². The second-order valence-corrected chi connectivity index (χ2v) is 6.37. The lowest BCUT2D eigenvalue weighted by Gasteiger charge is -2.33. The molecule has 1 aromatic carbocycles. The first-order valence-electron chi connectivity index (χ1n) is 7.09. The molecule has 116 valence electrons. The van der Waals surface area contributed by atoms with Crippen molar-refractivity contribution in [2.45, 2.75) is 52.1 Å². The molecule has 0 spiro atoms. The molecule has 0 radical (unpaired) electrons. The molecule has 1 aliphatic rings. The van der Waals surface area contributed by atoms with Crippen LogP contribution in [0.15, 0.2) is 6.07 Å². The molecule has 0 fully saturated rings. The van der Waals surface area contributed by atoms with Gasteiger partial charge in [-0.15, -0.1) is 0 Å². The largest absolute Gasteiger partial charge is 0.504 e. The normalized spacial score (nSPS) is 18.0. The number of esters is 1. The van der Waals surface area contributed by atoms with Crippen LogP contribution in [0.3, 0.4) is 0 Å². The van der Waals surface area contributed by atoms with Crippen molar-refractivity contribution in [3.8, 4) is 17.2 Å². The molecule has 1 heterocycles. The summed E-state index contributed by atoms with van der Waals surface area (Å²) >= 11 is 0. The van der Waals surface area contributed by atoms with Gasteiger partial charge in [-0.1, -0.05) is 20.8 Å². The molecule has 1 aliphatic heterocycles. The molecule has 21 heavy (non-hydrogen) atoms. The Labute approximate surface area is 124 Å². The zero-order chi connectivity index (χ0) is 16.0. The Hall–Kier alpha value is -1.91. The van der Waals surface area contributed by atoms with Crippen LogP contribution in [0.1, 0.15) is 57.0 Å². The van der Waals surface area contributed by atoms with E-state index in [-0.39, 0.29) is 22.8 Å². The number of ether oxygens (including phenoxy) is 2. The van der Waals surface area contributed by atoms with Gasteiger partial charge >= 0.3 is 5.97 Å². The van der Waals surface area contributed by atoms with Crippen molar-refractivity contribution in [3.63, 3.8) is 0 Å². The van der Waals surface area contributed by atoms with E-state index in [0.717, 1.165) is 0 Å². The summed E-state index contributed by atoms with van der Waals surface area (Å²) in [5.41, 5.74) is -0.331. The topological polar surface area (TPSA) is 76.0 Å². The van der Waals surface area contributed by atoms with E-state index in [0.29, 0.717) is 18.6 Å². The van der Waals surface area contributed by atoms with Crippen molar-refractivity contribution in [1.82, 2.24) is 0 Å². The van der Waals surface area contributed by atoms with Gasteiger partial charge in [0.05, 0.1) is 12.2 Å². The molecule has 0 unspecified atom stereocenters. The molecule has 0 amide bonds. The molecule has 5 heteroatoms. The summed E-state index contributed by atoms with van der Waals surface area (Å²) in [4.78, 5) is 12.3. The van der Waals surface area contributed by atoms with Crippen molar-refractivity contribution < 1.29 is 24.5 Å². The molecule has 0 atom stereocenters. The SMILES string of the molecule is CCCOC(=O)c1cc(O)c(O)c2c1C(C)(C)C(C)(C)O2. The number of phenolic OH excluding ortho intramolecular Hbond substituents is 2. The third kappa shape index (κ3) is 2.20. The fraction of sp³-hybridized carbons (Fsp3) is 0.562. The lowest BCUT2D eigenvalue weighted by Crippen LogP contribution is -2.42. The molecule has 0 bridgehead atoms. The quantitative estimate of drug-likeness (QED) is 0.661. The number of fused-ring (bicyclic) bond motifs is 1. The highest BCUT2D eigenvalue weighted by atomic mass is 16.5. The third-order valence-electron chi connectivity index (χ3n) is 4.38. The van der Waals surface area contributed by atoms with E-state index < -0.39 is 17.0 Å². The first kappa shape index (κ1) is 15.5. The smallest absolute Gasteiger partial charge is 0.338 e. The number of carbonyl (C=O) groups excluding carboxylic acids is 1. The van der Waals surface area contributed by atoms with Crippen LogP contribution in [0.2, 0.25) is 0 Å². The Morgan fingerprint density at radius 3 is 2.48 bits per heavy atom. The summed E-state index contributed by atoms with van der Waals surface area (Å²) in [6.07, 6.45) is 0.712. The highest BCUT2D eigenvalue weighted by molar-refractivity contribution is 5.94. The van der Waals surface area contributed by atoms with E-state index in [4.69, 9.17) is 9.47 Å². The van der Waals surface area contributed by atoms with Crippen LogP contribution < -0.4 is 4.74 Å². The maximum atomic E-state index is 12.3. The first-order valence-corrected chi connectivity index (χ1v) is 7.09. The Bertz CT molecular complexity index is 587. The lowest BCUT2D eigenvalue weighted by molar-refractivity contribution is 0.0497.